The second-order valence-electron chi connectivity index (χ2n) is 7.95. The van der Waals surface area contributed by atoms with Crippen LogP contribution in [0.4, 0.5) is 5.13 Å². The van der Waals surface area contributed by atoms with E-state index in [4.69, 9.17) is 0 Å². The van der Waals surface area contributed by atoms with Crippen molar-refractivity contribution in [1.29, 1.82) is 0 Å². The molecule has 128 valence electrons. The number of nitrogens with zero attached hydrogens (tertiary/aromatic N) is 1. The molecule has 0 radical (unpaired) electrons. The third kappa shape index (κ3) is 3.54. The lowest BCUT2D eigenvalue weighted by Gasteiger charge is -2.33. The number of nitrogens with one attached hydrogen (secondary N) is 1. The zero-order valence-electron chi connectivity index (χ0n) is 15.2. The van der Waals surface area contributed by atoms with E-state index in [1.165, 1.54) is 22.6 Å². The average molecular weight is 343 g/mol. The van der Waals surface area contributed by atoms with Gasteiger partial charge in [-0.25, -0.2) is 4.98 Å². The van der Waals surface area contributed by atoms with Crippen molar-refractivity contribution >= 4 is 22.4 Å². The van der Waals surface area contributed by atoms with Crippen LogP contribution in [0.5, 0.6) is 0 Å². The molecular weight excluding hydrogens is 316 g/mol. The molecule has 0 bridgehead atoms. The second-order valence-corrected chi connectivity index (χ2v) is 9.03. The minimum atomic E-state index is -0.0726. The van der Waals surface area contributed by atoms with E-state index in [9.17, 15) is 4.79 Å². The van der Waals surface area contributed by atoms with Gasteiger partial charge in [0.2, 0.25) is 0 Å². The van der Waals surface area contributed by atoms with Crippen LogP contribution in [0.25, 0.3) is 0 Å². The third-order valence-corrected chi connectivity index (χ3v) is 6.19. The number of rotatable bonds is 2. The maximum atomic E-state index is 12.5. The number of hydrogen-bond donors (Lipinski definition) is 1. The average Bonchev–Trinajstić information content (AvgIpc) is 2.90. The first-order valence-electron chi connectivity index (χ1n) is 8.61. The highest BCUT2D eigenvalue weighted by Crippen LogP contribution is 2.40. The number of carbonyl (C=O) groups is 1. The molecule has 1 atom stereocenters. The summed E-state index contributed by atoms with van der Waals surface area (Å²) in [7, 11) is 0. The summed E-state index contributed by atoms with van der Waals surface area (Å²) in [6.07, 6.45) is 3.29. The largest absolute Gasteiger partial charge is 0.298 e. The fourth-order valence-corrected chi connectivity index (χ4v) is 4.30. The first-order valence-corrected chi connectivity index (χ1v) is 9.43. The van der Waals surface area contributed by atoms with Gasteiger partial charge in [-0.3, -0.25) is 10.1 Å². The summed E-state index contributed by atoms with van der Waals surface area (Å²) < 4.78 is 0. The lowest BCUT2D eigenvalue weighted by molar-refractivity contribution is 0.102. The number of benzene rings is 1. The standard InChI is InChI=1S/C20H26N2OS/c1-12-6-7-14(10-13(12)2)18(23)22-19-21-16-9-8-15(20(3,4)5)11-17(16)24-19/h6-7,10,15H,8-9,11H2,1-5H3,(H,21,22,23). The first-order chi connectivity index (χ1) is 11.2. The minimum Gasteiger partial charge on any atom is -0.298 e. The highest BCUT2D eigenvalue weighted by atomic mass is 32.1. The van der Waals surface area contributed by atoms with Crippen LogP contribution in [0.2, 0.25) is 0 Å². The Labute approximate surface area is 148 Å². The molecule has 0 fully saturated rings. The smallest absolute Gasteiger partial charge is 0.257 e. The Bertz CT molecular complexity index is 770. The molecule has 3 nitrogen and oxygen atoms in total. The molecule has 1 amide bonds. The van der Waals surface area contributed by atoms with Crippen LogP contribution >= 0.6 is 11.3 Å². The Kier molecular flexibility index (Phi) is 4.52. The summed E-state index contributed by atoms with van der Waals surface area (Å²) in [4.78, 5) is 18.5. The van der Waals surface area contributed by atoms with Crippen molar-refractivity contribution in [2.75, 3.05) is 5.32 Å². The Hall–Kier alpha value is -1.68. The molecule has 24 heavy (non-hydrogen) atoms. The summed E-state index contributed by atoms with van der Waals surface area (Å²) in [5.41, 5.74) is 4.53. The van der Waals surface area contributed by atoms with E-state index in [1.807, 2.05) is 25.1 Å². The van der Waals surface area contributed by atoms with Gasteiger partial charge < -0.3 is 0 Å². The molecule has 0 aliphatic heterocycles. The number of hydrogen-bond acceptors (Lipinski definition) is 3. The molecule has 1 aliphatic rings. The number of fused-ring (bicyclic) bond motifs is 1. The van der Waals surface area contributed by atoms with Crippen LogP contribution < -0.4 is 5.32 Å². The van der Waals surface area contributed by atoms with Gasteiger partial charge in [-0.05, 0) is 67.7 Å². The molecule has 1 heterocycles. The zero-order chi connectivity index (χ0) is 17.5. The van der Waals surface area contributed by atoms with Gasteiger partial charge in [0.1, 0.15) is 0 Å². The molecule has 0 spiro atoms. The molecule has 3 rings (SSSR count). The van der Waals surface area contributed by atoms with Crippen molar-refractivity contribution in [3.63, 3.8) is 0 Å². The monoisotopic (exact) mass is 342 g/mol. The van der Waals surface area contributed by atoms with Crippen LogP contribution in [-0.4, -0.2) is 10.9 Å². The SMILES string of the molecule is Cc1ccc(C(=O)Nc2nc3c(s2)CC(C(C)(C)C)CC3)cc1C. The summed E-state index contributed by atoms with van der Waals surface area (Å²) in [6.45, 7) is 11.0. The number of carbonyl (C=O) groups excluding carboxylic acids is 1. The Morgan fingerprint density at radius 2 is 2.00 bits per heavy atom. The van der Waals surface area contributed by atoms with Gasteiger partial charge in [0.25, 0.3) is 5.91 Å². The molecule has 1 unspecified atom stereocenters. The van der Waals surface area contributed by atoms with Gasteiger partial charge >= 0.3 is 0 Å². The van der Waals surface area contributed by atoms with Gasteiger partial charge in [-0.2, -0.15) is 0 Å². The second kappa shape index (κ2) is 6.32. The van der Waals surface area contributed by atoms with Crippen molar-refractivity contribution < 1.29 is 4.79 Å². The number of aryl methyl sites for hydroxylation is 3. The third-order valence-electron chi connectivity index (χ3n) is 5.15. The van der Waals surface area contributed by atoms with E-state index in [2.05, 4.69) is 38.0 Å². The molecule has 1 aliphatic carbocycles. The van der Waals surface area contributed by atoms with Crippen molar-refractivity contribution in [1.82, 2.24) is 4.98 Å². The molecular formula is C20H26N2OS. The fraction of sp³-hybridized carbons (Fsp3) is 0.500. The Balaban J connectivity index is 1.74. The van der Waals surface area contributed by atoms with Crippen LogP contribution in [-0.2, 0) is 12.8 Å². The summed E-state index contributed by atoms with van der Waals surface area (Å²) >= 11 is 1.64. The predicted octanol–water partition coefficient (Wildman–Crippen LogP) is 5.16. The maximum absolute atomic E-state index is 12.5. The van der Waals surface area contributed by atoms with Gasteiger partial charge in [0.05, 0.1) is 5.69 Å². The highest BCUT2D eigenvalue weighted by Gasteiger charge is 2.30. The van der Waals surface area contributed by atoms with Gasteiger partial charge in [-0.1, -0.05) is 26.8 Å². The number of anilines is 1. The summed E-state index contributed by atoms with van der Waals surface area (Å²) in [6, 6.07) is 5.81. The van der Waals surface area contributed by atoms with Crippen molar-refractivity contribution in [2.45, 2.75) is 53.9 Å². The van der Waals surface area contributed by atoms with E-state index >= 15 is 0 Å². The van der Waals surface area contributed by atoms with E-state index < -0.39 is 0 Å². The van der Waals surface area contributed by atoms with E-state index in [0.717, 1.165) is 23.5 Å². The number of amides is 1. The van der Waals surface area contributed by atoms with Crippen LogP contribution in [0, 0.1) is 25.2 Å². The molecule has 1 aromatic heterocycles. The Morgan fingerprint density at radius 1 is 1.25 bits per heavy atom. The molecule has 2 aromatic rings. The molecule has 0 saturated carbocycles. The minimum absolute atomic E-state index is 0.0726. The van der Waals surface area contributed by atoms with Crippen LogP contribution in [0.3, 0.4) is 0 Å². The van der Waals surface area contributed by atoms with Crippen LogP contribution in [0.1, 0.15) is 59.2 Å². The first kappa shape index (κ1) is 17.2. The summed E-state index contributed by atoms with van der Waals surface area (Å²) in [5, 5.41) is 3.72. The molecule has 4 heteroatoms. The molecule has 1 N–H and O–H groups in total. The molecule has 1 aromatic carbocycles. The lowest BCUT2D eigenvalue weighted by atomic mass is 9.73. The van der Waals surface area contributed by atoms with Crippen molar-refractivity contribution in [3.8, 4) is 0 Å². The maximum Gasteiger partial charge on any atom is 0.257 e. The lowest BCUT2D eigenvalue weighted by Crippen LogP contribution is -2.26. The van der Waals surface area contributed by atoms with Gasteiger partial charge in [-0.15, -0.1) is 11.3 Å². The molecule has 0 saturated heterocycles. The fourth-order valence-electron chi connectivity index (χ4n) is 3.22. The summed E-state index contributed by atoms with van der Waals surface area (Å²) in [5.74, 6) is 0.616. The predicted molar refractivity (Wildman–Crippen MR) is 101 cm³/mol. The van der Waals surface area contributed by atoms with Crippen LogP contribution in [0.15, 0.2) is 18.2 Å². The number of thiazole rings is 1. The zero-order valence-corrected chi connectivity index (χ0v) is 16.0. The topological polar surface area (TPSA) is 42.0 Å². The van der Waals surface area contributed by atoms with E-state index in [0.29, 0.717) is 16.9 Å². The highest BCUT2D eigenvalue weighted by molar-refractivity contribution is 7.15. The number of aromatic nitrogens is 1. The van der Waals surface area contributed by atoms with Crippen molar-refractivity contribution in [3.05, 3.63) is 45.5 Å². The normalized spacial score (nSPS) is 17.5. The van der Waals surface area contributed by atoms with Gasteiger partial charge in [0, 0.05) is 10.4 Å². The van der Waals surface area contributed by atoms with E-state index in [1.54, 1.807) is 11.3 Å². The van der Waals surface area contributed by atoms with Crippen molar-refractivity contribution in [2.24, 2.45) is 11.3 Å². The van der Waals surface area contributed by atoms with E-state index in [-0.39, 0.29) is 5.91 Å². The Morgan fingerprint density at radius 3 is 2.67 bits per heavy atom. The van der Waals surface area contributed by atoms with Gasteiger partial charge in [0.15, 0.2) is 5.13 Å². The quantitative estimate of drug-likeness (QED) is 0.818.